The Morgan fingerprint density at radius 1 is 1.80 bits per heavy atom. The van der Waals surface area contributed by atoms with E-state index in [0.717, 1.165) is 0 Å². The Labute approximate surface area is 78.3 Å². The van der Waals surface area contributed by atoms with E-state index in [1.54, 1.807) is 0 Å². The van der Waals surface area contributed by atoms with Gasteiger partial charge in [-0.1, -0.05) is 0 Å². The van der Waals surface area contributed by atoms with Gasteiger partial charge in [-0.05, 0) is 0 Å². The van der Waals surface area contributed by atoms with Gasteiger partial charge in [0.1, 0.15) is 12.7 Å². The van der Waals surface area contributed by atoms with E-state index in [9.17, 15) is 4.79 Å². The minimum absolute atomic E-state index is 0. The summed E-state index contributed by atoms with van der Waals surface area (Å²) < 4.78 is 4.35. The van der Waals surface area contributed by atoms with Gasteiger partial charge in [-0.25, -0.2) is 0 Å². The predicted molar refractivity (Wildman–Crippen MR) is 37.7 cm³/mol. The molecule has 0 amide bonds. The maximum atomic E-state index is 10.0. The minimum atomic E-state index is -0.950. The SMILES string of the molecule is CC(=O)OCC(O)CO.[H-].[H-].[Mg+2]. The van der Waals surface area contributed by atoms with Crippen molar-refractivity contribution in [3.63, 3.8) is 0 Å². The molecule has 58 valence electrons. The van der Waals surface area contributed by atoms with Gasteiger partial charge in [0, 0.05) is 6.92 Å². The zero-order valence-electron chi connectivity index (χ0n) is 7.91. The number of aliphatic hydroxyl groups is 2. The molecule has 0 spiro atoms. The summed E-state index contributed by atoms with van der Waals surface area (Å²) >= 11 is 0. The van der Waals surface area contributed by atoms with E-state index in [-0.39, 0.29) is 39.1 Å². The van der Waals surface area contributed by atoms with Crippen LogP contribution in [-0.4, -0.2) is 58.6 Å². The molecule has 1 atom stereocenters. The number of aliphatic hydroxyl groups excluding tert-OH is 2. The first kappa shape index (κ1) is 12.8. The number of rotatable bonds is 3. The summed E-state index contributed by atoms with van der Waals surface area (Å²) in [5.74, 6) is -0.456. The van der Waals surface area contributed by atoms with Crippen LogP contribution in [0.2, 0.25) is 0 Å². The van der Waals surface area contributed by atoms with E-state index in [4.69, 9.17) is 10.2 Å². The smallest absolute Gasteiger partial charge is 1.00 e. The second-order valence-electron chi connectivity index (χ2n) is 1.64. The van der Waals surface area contributed by atoms with E-state index in [0.29, 0.717) is 0 Å². The summed E-state index contributed by atoms with van der Waals surface area (Å²) in [5, 5.41) is 16.8. The maximum absolute atomic E-state index is 10.0. The molecule has 0 bridgehead atoms. The predicted octanol–water partition coefficient (Wildman–Crippen LogP) is -1.25. The van der Waals surface area contributed by atoms with E-state index < -0.39 is 12.1 Å². The summed E-state index contributed by atoms with van der Waals surface area (Å²) in [7, 11) is 0. The van der Waals surface area contributed by atoms with Crippen LogP contribution in [0, 0.1) is 0 Å². The minimum Gasteiger partial charge on any atom is -1.00 e. The van der Waals surface area contributed by atoms with Crippen molar-refractivity contribution in [3.05, 3.63) is 0 Å². The fraction of sp³-hybridized carbons (Fsp3) is 0.800. The molecule has 0 saturated carbocycles. The Hall–Kier alpha value is 0.156. The molecule has 4 nitrogen and oxygen atoms in total. The van der Waals surface area contributed by atoms with Gasteiger partial charge in [-0.2, -0.15) is 0 Å². The van der Waals surface area contributed by atoms with Gasteiger partial charge >= 0.3 is 29.0 Å². The first-order chi connectivity index (χ1) is 4.16. The van der Waals surface area contributed by atoms with Gasteiger partial charge in [0.15, 0.2) is 0 Å². The summed E-state index contributed by atoms with van der Waals surface area (Å²) in [6.07, 6.45) is -0.950. The van der Waals surface area contributed by atoms with Crippen molar-refractivity contribution in [2.24, 2.45) is 0 Å². The third-order valence-corrected chi connectivity index (χ3v) is 0.690. The average Bonchev–Trinajstić information content (AvgIpc) is 1.83. The number of hydrogen-bond donors (Lipinski definition) is 2. The van der Waals surface area contributed by atoms with Crippen LogP contribution in [0.25, 0.3) is 0 Å². The van der Waals surface area contributed by atoms with Crippen LogP contribution in [-0.2, 0) is 9.53 Å². The van der Waals surface area contributed by atoms with Crippen LogP contribution in [0.15, 0.2) is 0 Å². The van der Waals surface area contributed by atoms with Gasteiger partial charge in [0.05, 0.1) is 6.61 Å². The van der Waals surface area contributed by atoms with Crippen LogP contribution in [0.3, 0.4) is 0 Å². The molecule has 0 aliphatic heterocycles. The summed E-state index contributed by atoms with van der Waals surface area (Å²) in [6.45, 7) is 0.725. The Balaban J connectivity index is -0.000000107. The molecule has 0 aromatic heterocycles. The summed E-state index contributed by atoms with van der Waals surface area (Å²) in [5.41, 5.74) is 0. The van der Waals surface area contributed by atoms with Gasteiger partial charge in [0.2, 0.25) is 0 Å². The van der Waals surface area contributed by atoms with E-state index in [1.807, 2.05) is 0 Å². The molecule has 0 fully saturated rings. The molecule has 0 rings (SSSR count). The zero-order chi connectivity index (χ0) is 7.28. The molecule has 5 heteroatoms. The number of carbonyl (C=O) groups is 1. The van der Waals surface area contributed by atoms with Crippen LogP contribution in [0.4, 0.5) is 0 Å². The van der Waals surface area contributed by atoms with Crippen molar-refractivity contribution in [2.75, 3.05) is 13.2 Å². The molecule has 0 radical (unpaired) electrons. The summed E-state index contributed by atoms with van der Waals surface area (Å²) in [6, 6.07) is 0. The topological polar surface area (TPSA) is 66.8 Å². The third-order valence-electron chi connectivity index (χ3n) is 0.690. The molecular weight excluding hydrogens is 148 g/mol. The molecule has 1 unspecified atom stereocenters. The number of hydrogen-bond acceptors (Lipinski definition) is 4. The first-order valence-electron chi connectivity index (χ1n) is 2.59. The molecular formula is C5H12MgO4. The maximum Gasteiger partial charge on any atom is 2.00 e. The number of carbonyl (C=O) groups excluding carboxylic acids is 1. The monoisotopic (exact) mass is 160 g/mol. The van der Waals surface area contributed by atoms with Crippen molar-refractivity contribution in [2.45, 2.75) is 13.0 Å². The molecule has 0 saturated heterocycles. The summed E-state index contributed by atoms with van der Waals surface area (Å²) in [4.78, 5) is 10.0. The molecule has 0 aromatic carbocycles. The number of ether oxygens (including phenoxy) is 1. The molecule has 10 heavy (non-hydrogen) atoms. The quantitative estimate of drug-likeness (QED) is 0.400. The Morgan fingerprint density at radius 3 is 2.60 bits per heavy atom. The van der Waals surface area contributed by atoms with Crippen molar-refractivity contribution in [3.8, 4) is 0 Å². The van der Waals surface area contributed by atoms with E-state index in [2.05, 4.69) is 4.74 Å². The molecule has 0 aromatic rings. The van der Waals surface area contributed by atoms with Gasteiger partial charge in [0.25, 0.3) is 0 Å². The van der Waals surface area contributed by atoms with E-state index >= 15 is 0 Å². The third kappa shape index (κ3) is 8.16. The van der Waals surface area contributed by atoms with Crippen molar-refractivity contribution in [1.29, 1.82) is 0 Å². The van der Waals surface area contributed by atoms with Crippen LogP contribution >= 0.6 is 0 Å². The fourth-order valence-corrected chi connectivity index (χ4v) is 0.266. The first-order valence-corrected chi connectivity index (χ1v) is 2.59. The molecule has 0 aliphatic rings. The second-order valence-corrected chi connectivity index (χ2v) is 1.64. The largest absolute Gasteiger partial charge is 2.00 e. The van der Waals surface area contributed by atoms with Gasteiger partial charge in [-0.15, -0.1) is 0 Å². The normalized spacial score (nSPS) is 11.5. The van der Waals surface area contributed by atoms with Crippen molar-refractivity contribution < 1.29 is 22.6 Å². The zero-order valence-corrected chi connectivity index (χ0v) is 7.32. The molecule has 0 heterocycles. The Kier molecular flexibility index (Phi) is 9.30. The van der Waals surface area contributed by atoms with Gasteiger partial charge < -0.3 is 17.8 Å². The fourth-order valence-electron chi connectivity index (χ4n) is 0.266. The van der Waals surface area contributed by atoms with Crippen molar-refractivity contribution in [1.82, 2.24) is 0 Å². The Bertz CT molecular complexity index is 103. The van der Waals surface area contributed by atoms with Crippen molar-refractivity contribution >= 4 is 29.0 Å². The van der Waals surface area contributed by atoms with Crippen LogP contribution < -0.4 is 0 Å². The molecule has 2 N–H and O–H groups in total. The number of esters is 1. The van der Waals surface area contributed by atoms with Gasteiger partial charge in [-0.3, -0.25) is 4.79 Å². The van der Waals surface area contributed by atoms with Crippen LogP contribution in [0.5, 0.6) is 0 Å². The molecule has 0 aliphatic carbocycles. The second kappa shape index (κ2) is 7.27. The Morgan fingerprint density at radius 2 is 2.30 bits per heavy atom. The van der Waals surface area contributed by atoms with E-state index in [1.165, 1.54) is 6.92 Å². The van der Waals surface area contributed by atoms with Crippen LogP contribution in [0.1, 0.15) is 9.78 Å². The average molecular weight is 160 g/mol. The standard InChI is InChI=1S/C5H10O4.Mg.2H/c1-4(7)9-3-5(8)2-6;;;/h5-6,8H,2-3H2,1H3;;;/q;+2;2*-1.